The lowest BCUT2D eigenvalue weighted by Gasteiger charge is -2.37. The van der Waals surface area contributed by atoms with E-state index in [0.29, 0.717) is 16.2 Å². The molecule has 1 aliphatic carbocycles. The fourth-order valence-electron chi connectivity index (χ4n) is 2.97. The van der Waals surface area contributed by atoms with Crippen molar-refractivity contribution < 1.29 is 4.92 Å². The van der Waals surface area contributed by atoms with Crippen molar-refractivity contribution in [3.63, 3.8) is 0 Å². The third kappa shape index (κ3) is 3.71. The molecule has 116 valence electrons. The van der Waals surface area contributed by atoms with E-state index in [-0.39, 0.29) is 16.7 Å². The Labute approximate surface area is 133 Å². The molecule has 6 nitrogen and oxygen atoms in total. The van der Waals surface area contributed by atoms with Crippen molar-refractivity contribution in [1.29, 1.82) is 0 Å². The molecule has 1 heterocycles. The number of aromatic nitrogens is 1. The van der Waals surface area contributed by atoms with Crippen LogP contribution in [0, 0.1) is 10.1 Å². The minimum Gasteiger partial charge on any atom is -0.362 e. The van der Waals surface area contributed by atoms with Gasteiger partial charge in [0.2, 0.25) is 0 Å². The van der Waals surface area contributed by atoms with E-state index < -0.39 is 0 Å². The van der Waals surface area contributed by atoms with E-state index >= 15 is 0 Å². The van der Waals surface area contributed by atoms with E-state index in [4.69, 9.17) is 5.73 Å². The van der Waals surface area contributed by atoms with Crippen LogP contribution >= 0.6 is 15.9 Å². The second kappa shape index (κ2) is 7.17. The van der Waals surface area contributed by atoms with Crippen molar-refractivity contribution in [2.24, 2.45) is 5.73 Å². The Bertz CT molecular complexity index is 504. The lowest BCUT2D eigenvalue weighted by atomic mass is 9.90. The SMILES string of the molecule is CCCN(c1c(Br)cncc1[N+](=O)[O-])C1CCC(N)CC1. The fraction of sp³-hybridized carbons (Fsp3) is 0.643. The number of nitrogens with zero attached hydrogens (tertiary/aromatic N) is 3. The van der Waals surface area contributed by atoms with Crippen LogP contribution in [0.3, 0.4) is 0 Å². The summed E-state index contributed by atoms with van der Waals surface area (Å²) in [5, 5.41) is 11.3. The molecular weight excluding hydrogens is 336 g/mol. The summed E-state index contributed by atoms with van der Waals surface area (Å²) in [5.74, 6) is 0. The Balaban J connectivity index is 2.36. The molecule has 0 atom stereocenters. The maximum atomic E-state index is 11.3. The van der Waals surface area contributed by atoms with Gasteiger partial charge in [-0.15, -0.1) is 0 Å². The molecule has 2 N–H and O–H groups in total. The lowest BCUT2D eigenvalue weighted by Crippen LogP contribution is -2.41. The molecule has 1 aliphatic rings. The van der Waals surface area contributed by atoms with E-state index in [0.717, 1.165) is 38.6 Å². The van der Waals surface area contributed by atoms with E-state index in [2.05, 4.69) is 32.7 Å². The Hall–Kier alpha value is -1.21. The van der Waals surface area contributed by atoms with Crippen LogP contribution in [0.25, 0.3) is 0 Å². The average molecular weight is 357 g/mol. The molecule has 1 saturated carbocycles. The van der Waals surface area contributed by atoms with Crippen molar-refractivity contribution in [3.8, 4) is 0 Å². The first kappa shape index (κ1) is 16.2. The van der Waals surface area contributed by atoms with Gasteiger partial charge in [-0.3, -0.25) is 15.1 Å². The first-order valence-electron chi connectivity index (χ1n) is 7.34. The molecule has 2 rings (SSSR count). The molecule has 0 radical (unpaired) electrons. The molecule has 0 spiro atoms. The third-order valence-corrected chi connectivity index (χ3v) is 4.56. The molecule has 0 bridgehead atoms. The summed E-state index contributed by atoms with van der Waals surface area (Å²) in [6.07, 6.45) is 7.80. The average Bonchev–Trinajstić information content (AvgIpc) is 2.46. The number of pyridine rings is 1. The van der Waals surface area contributed by atoms with Gasteiger partial charge in [0.25, 0.3) is 0 Å². The lowest BCUT2D eigenvalue weighted by molar-refractivity contribution is -0.384. The van der Waals surface area contributed by atoms with Crippen LogP contribution in [0.4, 0.5) is 11.4 Å². The molecule has 0 unspecified atom stereocenters. The topological polar surface area (TPSA) is 85.3 Å². The van der Waals surface area contributed by atoms with Crippen LogP contribution in [0.1, 0.15) is 39.0 Å². The Kier molecular flexibility index (Phi) is 5.52. The number of halogens is 1. The van der Waals surface area contributed by atoms with Crippen LogP contribution in [-0.4, -0.2) is 28.5 Å². The van der Waals surface area contributed by atoms with Gasteiger partial charge in [0.1, 0.15) is 11.9 Å². The van der Waals surface area contributed by atoms with E-state index in [9.17, 15) is 10.1 Å². The third-order valence-electron chi connectivity index (χ3n) is 3.98. The summed E-state index contributed by atoms with van der Waals surface area (Å²) in [4.78, 5) is 17.1. The van der Waals surface area contributed by atoms with Gasteiger partial charge >= 0.3 is 5.69 Å². The van der Waals surface area contributed by atoms with Crippen LogP contribution in [-0.2, 0) is 0 Å². The first-order chi connectivity index (χ1) is 10.0. The van der Waals surface area contributed by atoms with Crippen molar-refractivity contribution in [1.82, 2.24) is 4.98 Å². The van der Waals surface area contributed by atoms with E-state index in [1.807, 2.05) is 0 Å². The minimum atomic E-state index is -0.357. The van der Waals surface area contributed by atoms with Crippen molar-refractivity contribution in [2.75, 3.05) is 11.4 Å². The highest BCUT2D eigenvalue weighted by molar-refractivity contribution is 9.10. The largest absolute Gasteiger partial charge is 0.362 e. The summed E-state index contributed by atoms with van der Waals surface area (Å²) >= 11 is 3.43. The zero-order chi connectivity index (χ0) is 15.4. The van der Waals surface area contributed by atoms with Crippen LogP contribution in [0.2, 0.25) is 0 Å². The van der Waals surface area contributed by atoms with E-state index in [1.54, 1.807) is 6.20 Å². The maximum Gasteiger partial charge on any atom is 0.311 e. The second-order valence-electron chi connectivity index (χ2n) is 5.51. The van der Waals surface area contributed by atoms with Gasteiger partial charge in [0.05, 0.1) is 9.40 Å². The molecule has 7 heteroatoms. The van der Waals surface area contributed by atoms with Gasteiger partial charge in [0.15, 0.2) is 0 Å². The molecule has 0 amide bonds. The zero-order valence-electron chi connectivity index (χ0n) is 12.2. The molecule has 1 fully saturated rings. The Morgan fingerprint density at radius 1 is 1.43 bits per heavy atom. The number of anilines is 1. The Morgan fingerprint density at radius 2 is 2.10 bits per heavy atom. The molecule has 0 aliphatic heterocycles. The standard InChI is InChI=1S/C14H21BrN4O2/c1-2-7-18(11-5-3-10(16)4-6-11)14-12(15)8-17-9-13(14)19(20)21/h8-11H,2-7,16H2,1H3. The number of hydrogen-bond donors (Lipinski definition) is 1. The highest BCUT2D eigenvalue weighted by Gasteiger charge is 2.30. The van der Waals surface area contributed by atoms with Crippen LogP contribution in [0.15, 0.2) is 16.9 Å². The van der Waals surface area contributed by atoms with Gasteiger partial charge < -0.3 is 10.6 Å². The minimum absolute atomic E-state index is 0.0627. The summed E-state index contributed by atoms with van der Waals surface area (Å²) in [6, 6.07) is 0.572. The predicted octanol–water partition coefficient (Wildman–Crippen LogP) is 3.24. The maximum absolute atomic E-state index is 11.3. The first-order valence-corrected chi connectivity index (χ1v) is 8.14. The second-order valence-corrected chi connectivity index (χ2v) is 6.36. The zero-order valence-corrected chi connectivity index (χ0v) is 13.8. The highest BCUT2D eigenvalue weighted by atomic mass is 79.9. The predicted molar refractivity (Wildman–Crippen MR) is 86.5 cm³/mol. The number of rotatable bonds is 5. The van der Waals surface area contributed by atoms with Gasteiger partial charge in [0, 0.05) is 24.8 Å². The van der Waals surface area contributed by atoms with Gasteiger partial charge in [-0.25, -0.2) is 0 Å². The van der Waals surface area contributed by atoms with Gasteiger partial charge in [-0.05, 0) is 48.0 Å². The number of nitrogens with two attached hydrogens (primary N) is 1. The molecule has 1 aromatic rings. The quantitative estimate of drug-likeness (QED) is 0.646. The normalized spacial score (nSPS) is 22.0. The van der Waals surface area contributed by atoms with E-state index in [1.165, 1.54) is 6.20 Å². The van der Waals surface area contributed by atoms with Gasteiger partial charge in [-0.1, -0.05) is 6.92 Å². The highest BCUT2D eigenvalue weighted by Crippen LogP contribution is 2.38. The van der Waals surface area contributed by atoms with Crippen molar-refractivity contribution in [2.45, 2.75) is 51.1 Å². The van der Waals surface area contributed by atoms with Crippen LogP contribution in [0.5, 0.6) is 0 Å². The Morgan fingerprint density at radius 3 is 2.67 bits per heavy atom. The van der Waals surface area contributed by atoms with Crippen LogP contribution < -0.4 is 10.6 Å². The monoisotopic (exact) mass is 356 g/mol. The van der Waals surface area contributed by atoms with Crippen molar-refractivity contribution >= 4 is 27.3 Å². The molecule has 0 aromatic carbocycles. The smallest absolute Gasteiger partial charge is 0.311 e. The summed E-state index contributed by atoms with van der Waals surface area (Å²) < 4.78 is 0.681. The summed E-state index contributed by atoms with van der Waals surface area (Å²) in [7, 11) is 0. The van der Waals surface area contributed by atoms with Crippen molar-refractivity contribution in [3.05, 3.63) is 27.0 Å². The molecular formula is C14H21BrN4O2. The molecule has 1 aromatic heterocycles. The number of nitro groups is 1. The summed E-state index contributed by atoms with van der Waals surface area (Å²) in [6.45, 7) is 2.88. The van der Waals surface area contributed by atoms with Gasteiger partial charge in [-0.2, -0.15) is 0 Å². The molecule has 21 heavy (non-hydrogen) atoms. The fourth-order valence-corrected chi connectivity index (χ4v) is 3.52. The summed E-state index contributed by atoms with van der Waals surface area (Å²) in [5.41, 5.74) is 6.68. The number of hydrogen-bond acceptors (Lipinski definition) is 5. The molecule has 0 saturated heterocycles.